The first-order chi connectivity index (χ1) is 7.34. The summed E-state index contributed by atoms with van der Waals surface area (Å²) in [4.78, 5) is 11.4. The van der Waals surface area contributed by atoms with E-state index in [9.17, 15) is 4.79 Å². The third-order valence-corrected chi connectivity index (χ3v) is 2.28. The Labute approximate surface area is 90.2 Å². The number of anilines is 2. The molecule has 2 amide bonds. The highest BCUT2D eigenvalue weighted by Crippen LogP contribution is 2.11. The number of carbonyl (C=O) groups excluding carboxylic acids is 1. The molecule has 6 heteroatoms. The molecule has 0 aliphatic heterocycles. The van der Waals surface area contributed by atoms with E-state index in [1.54, 1.807) is 18.3 Å². The molecule has 2 heterocycles. The van der Waals surface area contributed by atoms with Gasteiger partial charge in [-0.25, -0.2) is 4.79 Å². The Hall–Kier alpha value is -1.95. The average Bonchev–Trinajstić information content (AvgIpc) is 2.71. The van der Waals surface area contributed by atoms with Gasteiger partial charge in [-0.15, -0.1) is 5.10 Å². The van der Waals surface area contributed by atoms with Crippen molar-refractivity contribution in [3.63, 3.8) is 0 Å². The standard InChI is InChI=1S/C9H8N4OS/c14-9(11-7-3-5-15-6-7)12-8-2-1-4-10-13-8/h1-6H,(H2,11,12,13,14). The van der Waals surface area contributed by atoms with Crippen LogP contribution in [-0.4, -0.2) is 16.2 Å². The fraction of sp³-hybridized carbons (Fsp3) is 0. The predicted octanol–water partition coefficient (Wildman–Crippen LogP) is 2.18. The van der Waals surface area contributed by atoms with Gasteiger partial charge < -0.3 is 5.32 Å². The van der Waals surface area contributed by atoms with E-state index in [1.807, 2.05) is 16.8 Å². The van der Waals surface area contributed by atoms with Crippen molar-refractivity contribution in [2.75, 3.05) is 10.6 Å². The van der Waals surface area contributed by atoms with E-state index in [-0.39, 0.29) is 6.03 Å². The fourth-order valence-corrected chi connectivity index (χ4v) is 1.57. The molecule has 0 fully saturated rings. The molecular weight excluding hydrogens is 212 g/mol. The second kappa shape index (κ2) is 4.52. The summed E-state index contributed by atoms with van der Waals surface area (Å²) in [5, 5.41) is 16.3. The van der Waals surface area contributed by atoms with Crippen molar-refractivity contribution < 1.29 is 4.79 Å². The number of amides is 2. The Morgan fingerprint density at radius 2 is 2.27 bits per heavy atom. The van der Waals surface area contributed by atoms with Crippen LogP contribution in [0.15, 0.2) is 35.2 Å². The van der Waals surface area contributed by atoms with E-state index in [2.05, 4.69) is 20.8 Å². The van der Waals surface area contributed by atoms with Gasteiger partial charge in [0.25, 0.3) is 0 Å². The molecular formula is C9H8N4OS. The van der Waals surface area contributed by atoms with Crippen molar-refractivity contribution in [2.24, 2.45) is 0 Å². The second-order valence-corrected chi connectivity index (χ2v) is 3.48. The smallest absolute Gasteiger partial charge is 0.307 e. The molecule has 0 radical (unpaired) electrons. The summed E-state index contributed by atoms with van der Waals surface area (Å²) in [6, 6.07) is 4.86. The Morgan fingerprint density at radius 3 is 2.93 bits per heavy atom. The largest absolute Gasteiger partial charge is 0.324 e. The molecule has 2 aromatic rings. The summed E-state index contributed by atoms with van der Waals surface area (Å²) in [7, 11) is 0. The Morgan fingerprint density at radius 1 is 1.33 bits per heavy atom. The molecule has 5 nitrogen and oxygen atoms in total. The number of rotatable bonds is 2. The van der Waals surface area contributed by atoms with E-state index in [4.69, 9.17) is 0 Å². The molecule has 76 valence electrons. The molecule has 2 N–H and O–H groups in total. The van der Waals surface area contributed by atoms with Crippen LogP contribution in [0.4, 0.5) is 16.3 Å². The van der Waals surface area contributed by atoms with E-state index in [0.717, 1.165) is 5.69 Å². The number of carbonyl (C=O) groups is 1. The van der Waals surface area contributed by atoms with Crippen LogP contribution in [0.3, 0.4) is 0 Å². The molecule has 2 rings (SSSR count). The van der Waals surface area contributed by atoms with Crippen LogP contribution in [0.2, 0.25) is 0 Å². The number of hydrogen-bond donors (Lipinski definition) is 2. The zero-order valence-electron chi connectivity index (χ0n) is 7.68. The normalized spacial score (nSPS) is 9.60. The van der Waals surface area contributed by atoms with E-state index < -0.39 is 0 Å². The molecule has 0 aromatic carbocycles. The highest BCUT2D eigenvalue weighted by Gasteiger charge is 2.02. The summed E-state index contributed by atoms with van der Waals surface area (Å²) in [6.07, 6.45) is 1.54. The fourth-order valence-electron chi connectivity index (χ4n) is 0.982. The third kappa shape index (κ3) is 2.75. The summed E-state index contributed by atoms with van der Waals surface area (Å²) < 4.78 is 0. The van der Waals surface area contributed by atoms with Crippen LogP contribution in [0.1, 0.15) is 0 Å². The first-order valence-corrected chi connectivity index (χ1v) is 5.17. The van der Waals surface area contributed by atoms with Crippen LogP contribution in [0.5, 0.6) is 0 Å². The monoisotopic (exact) mass is 220 g/mol. The third-order valence-electron chi connectivity index (χ3n) is 1.59. The van der Waals surface area contributed by atoms with Gasteiger partial charge in [0.15, 0.2) is 5.82 Å². The Kier molecular flexibility index (Phi) is 2.89. The van der Waals surface area contributed by atoms with Gasteiger partial charge in [-0.1, -0.05) is 0 Å². The van der Waals surface area contributed by atoms with Gasteiger partial charge in [0.1, 0.15) is 0 Å². The van der Waals surface area contributed by atoms with Crippen LogP contribution < -0.4 is 10.6 Å². The van der Waals surface area contributed by atoms with Crippen molar-refractivity contribution in [3.8, 4) is 0 Å². The van der Waals surface area contributed by atoms with Gasteiger partial charge in [-0.2, -0.15) is 16.4 Å². The van der Waals surface area contributed by atoms with Gasteiger partial charge in [-0.05, 0) is 23.6 Å². The number of nitrogens with one attached hydrogen (secondary N) is 2. The van der Waals surface area contributed by atoms with E-state index in [1.165, 1.54) is 11.3 Å². The Balaban J connectivity index is 1.94. The van der Waals surface area contributed by atoms with Gasteiger partial charge >= 0.3 is 6.03 Å². The van der Waals surface area contributed by atoms with Crippen molar-refractivity contribution >= 4 is 28.9 Å². The number of hydrogen-bond acceptors (Lipinski definition) is 4. The number of nitrogens with zero attached hydrogens (tertiary/aromatic N) is 2. The van der Waals surface area contributed by atoms with E-state index in [0.29, 0.717) is 5.82 Å². The maximum Gasteiger partial charge on any atom is 0.324 e. The molecule has 0 saturated carbocycles. The molecule has 0 aliphatic carbocycles. The predicted molar refractivity (Wildman–Crippen MR) is 59.0 cm³/mol. The molecule has 0 saturated heterocycles. The van der Waals surface area contributed by atoms with Crippen LogP contribution in [0.25, 0.3) is 0 Å². The highest BCUT2D eigenvalue weighted by atomic mass is 32.1. The maximum atomic E-state index is 11.4. The molecule has 0 unspecified atom stereocenters. The van der Waals surface area contributed by atoms with Gasteiger partial charge in [0.2, 0.25) is 0 Å². The molecule has 2 aromatic heterocycles. The van der Waals surface area contributed by atoms with Gasteiger partial charge in [0, 0.05) is 11.6 Å². The molecule has 0 spiro atoms. The molecule has 0 aliphatic rings. The van der Waals surface area contributed by atoms with Crippen molar-refractivity contribution in [1.29, 1.82) is 0 Å². The molecule has 15 heavy (non-hydrogen) atoms. The van der Waals surface area contributed by atoms with E-state index >= 15 is 0 Å². The summed E-state index contributed by atoms with van der Waals surface area (Å²) in [5.41, 5.74) is 0.765. The SMILES string of the molecule is O=C(Nc1ccsc1)Nc1cccnn1. The zero-order valence-corrected chi connectivity index (χ0v) is 8.49. The lowest BCUT2D eigenvalue weighted by atomic mass is 10.5. The minimum atomic E-state index is -0.325. The average molecular weight is 220 g/mol. The number of urea groups is 1. The zero-order chi connectivity index (χ0) is 10.5. The van der Waals surface area contributed by atoms with Crippen molar-refractivity contribution in [3.05, 3.63) is 35.2 Å². The quantitative estimate of drug-likeness (QED) is 0.815. The number of aromatic nitrogens is 2. The molecule has 0 bridgehead atoms. The second-order valence-electron chi connectivity index (χ2n) is 2.70. The lowest BCUT2D eigenvalue weighted by Gasteiger charge is -2.03. The molecule has 0 atom stereocenters. The lowest BCUT2D eigenvalue weighted by molar-refractivity contribution is 0.262. The summed E-state index contributed by atoms with van der Waals surface area (Å²) in [6.45, 7) is 0. The summed E-state index contributed by atoms with van der Waals surface area (Å²) >= 11 is 1.52. The lowest BCUT2D eigenvalue weighted by Crippen LogP contribution is -2.19. The first-order valence-electron chi connectivity index (χ1n) is 4.22. The topological polar surface area (TPSA) is 66.9 Å². The van der Waals surface area contributed by atoms with Crippen molar-refractivity contribution in [1.82, 2.24) is 10.2 Å². The Bertz CT molecular complexity index is 429. The highest BCUT2D eigenvalue weighted by molar-refractivity contribution is 7.08. The minimum Gasteiger partial charge on any atom is -0.307 e. The number of thiophene rings is 1. The van der Waals surface area contributed by atoms with Crippen LogP contribution in [0, 0.1) is 0 Å². The van der Waals surface area contributed by atoms with Gasteiger partial charge in [0.05, 0.1) is 5.69 Å². The van der Waals surface area contributed by atoms with Crippen LogP contribution >= 0.6 is 11.3 Å². The van der Waals surface area contributed by atoms with Gasteiger partial charge in [-0.3, -0.25) is 5.32 Å². The van der Waals surface area contributed by atoms with Crippen LogP contribution in [-0.2, 0) is 0 Å². The first kappa shape index (κ1) is 9.60. The maximum absolute atomic E-state index is 11.4. The minimum absolute atomic E-state index is 0.325. The summed E-state index contributed by atoms with van der Waals surface area (Å²) in [5.74, 6) is 0.422. The van der Waals surface area contributed by atoms with Crippen molar-refractivity contribution in [2.45, 2.75) is 0 Å².